The molecule has 0 radical (unpaired) electrons. The van der Waals surface area contributed by atoms with Crippen LogP contribution < -0.4 is 21.3 Å². The number of carbonyl (C=O) groups is 5. The zero-order valence-corrected chi connectivity index (χ0v) is 26.1. The number of nitrogens with one attached hydrogen (secondary N) is 4. The molecule has 0 unspecified atom stereocenters. The minimum Gasteiger partial charge on any atom is -0.384 e. The van der Waals surface area contributed by atoms with Gasteiger partial charge in [-0.3, -0.25) is 24.0 Å². The second-order valence-corrected chi connectivity index (χ2v) is 11.3. The Morgan fingerprint density at radius 2 is 1.21 bits per heavy atom. The van der Waals surface area contributed by atoms with Crippen LogP contribution in [0.2, 0.25) is 0 Å². The Kier molecular flexibility index (Phi) is 8.32. The van der Waals surface area contributed by atoms with Gasteiger partial charge in [0.2, 0.25) is 0 Å². The Morgan fingerprint density at radius 3 is 1.85 bits per heavy atom. The van der Waals surface area contributed by atoms with E-state index < -0.39 is 5.91 Å². The fraction of sp³-hybridized carbons (Fsp3) is 0.171. The minimum atomic E-state index is -0.401. The topological polar surface area (TPSA) is 148 Å². The van der Waals surface area contributed by atoms with Gasteiger partial charge in [0.1, 0.15) is 17.1 Å². The molecule has 2 aromatic carbocycles. The van der Waals surface area contributed by atoms with Crippen molar-refractivity contribution in [2.24, 2.45) is 21.1 Å². The quantitative estimate of drug-likeness (QED) is 0.167. The smallest absolute Gasteiger partial charge is 0.272 e. The highest BCUT2D eigenvalue weighted by Crippen LogP contribution is 2.32. The van der Waals surface area contributed by atoms with Gasteiger partial charge in [-0.1, -0.05) is 36.4 Å². The fourth-order valence-corrected chi connectivity index (χ4v) is 5.70. The molecule has 0 spiro atoms. The summed E-state index contributed by atoms with van der Waals surface area (Å²) in [5.74, 6) is -1.37. The summed E-state index contributed by atoms with van der Waals surface area (Å²) >= 11 is 0. The average Bonchev–Trinajstić information content (AvgIpc) is 3.76. The minimum absolute atomic E-state index is 0.176. The molecule has 6 rings (SSSR count). The van der Waals surface area contributed by atoms with Crippen LogP contribution in [0.3, 0.4) is 0 Å². The highest BCUT2D eigenvalue weighted by atomic mass is 16.2. The standard InChI is InChI=1S/C35H33N7O5/c1-40-16-7-13-27(40)34(46)38-22-18-29(42(3)20-22)35(47)39-21-17-28(41(2)19-21)33(45)37-15-8-14-36-26-12-6-11-25-30(26)32(44)24-10-5-4-9-23(24)31(25)43/h4-7,9-13,16-20,36H,8,14-15H2,1-3H3,(H,37,45)(H,38,46)(H,39,47). The summed E-state index contributed by atoms with van der Waals surface area (Å²) in [6.07, 6.45) is 5.62. The number of fused-ring (bicyclic) bond motifs is 2. The molecule has 1 aliphatic carbocycles. The van der Waals surface area contributed by atoms with E-state index in [1.54, 1.807) is 120 Å². The van der Waals surface area contributed by atoms with Gasteiger partial charge in [-0.15, -0.1) is 0 Å². The van der Waals surface area contributed by atoms with E-state index in [-0.39, 0.29) is 23.4 Å². The number of nitrogens with zero attached hydrogens (tertiary/aromatic N) is 3. The van der Waals surface area contributed by atoms with Gasteiger partial charge in [-0.2, -0.15) is 0 Å². The molecule has 3 amide bonds. The van der Waals surface area contributed by atoms with E-state index in [1.807, 2.05) is 0 Å². The first-order chi connectivity index (χ1) is 22.6. The second-order valence-electron chi connectivity index (χ2n) is 11.3. The molecule has 3 heterocycles. The Labute approximate surface area is 270 Å². The number of carbonyl (C=O) groups excluding carboxylic acids is 5. The Morgan fingerprint density at radius 1 is 0.617 bits per heavy atom. The van der Waals surface area contributed by atoms with Crippen LogP contribution >= 0.6 is 0 Å². The van der Waals surface area contributed by atoms with Crippen LogP contribution in [-0.2, 0) is 21.1 Å². The van der Waals surface area contributed by atoms with Gasteiger partial charge in [-0.25, -0.2) is 0 Å². The lowest BCUT2D eigenvalue weighted by atomic mass is 9.83. The molecule has 0 atom stereocenters. The lowest BCUT2D eigenvalue weighted by Gasteiger charge is -2.20. The summed E-state index contributed by atoms with van der Waals surface area (Å²) in [6.45, 7) is 0.808. The van der Waals surface area contributed by atoms with Crippen LogP contribution in [0.25, 0.3) is 0 Å². The molecular formula is C35H33N7O5. The van der Waals surface area contributed by atoms with Crippen molar-refractivity contribution in [2.75, 3.05) is 29.0 Å². The number of benzene rings is 2. The van der Waals surface area contributed by atoms with Gasteiger partial charge in [0, 0.05) is 75.2 Å². The van der Waals surface area contributed by atoms with Crippen molar-refractivity contribution in [3.05, 3.63) is 125 Å². The largest absolute Gasteiger partial charge is 0.384 e. The number of hydrogen-bond donors (Lipinski definition) is 4. The predicted octanol–water partition coefficient (Wildman–Crippen LogP) is 4.21. The maximum absolute atomic E-state index is 13.2. The molecule has 47 heavy (non-hydrogen) atoms. The molecule has 238 valence electrons. The molecular weight excluding hydrogens is 598 g/mol. The summed E-state index contributed by atoms with van der Waals surface area (Å²) < 4.78 is 4.93. The third-order valence-corrected chi connectivity index (χ3v) is 8.07. The molecule has 0 fully saturated rings. The second kappa shape index (κ2) is 12.7. The van der Waals surface area contributed by atoms with Gasteiger partial charge < -0.3 is 35.0 Å². The van der Waals surface area contributed by atoms with Crippen molar-refractivity contribution in [2.45, 2.75) is 6.42 Å². The normalized spacial score (nSPS) is 11.9. The number of aromatic nitrogens is 3. The first kappa shape index (κ1) is 30.8. The molecule has 0 saturated heterocycles. The maximum Gasteiger partial charge on any atom is 0.272 e. The van der Waals surface area contributed by atoms with Gasteiger partial charge in [0.15, 0.2) is 11.6 Å². The van der Waals surface area contributed by atoms with Crippen molar-refractivity contribution in [1.29, 1.82) is 0 Å². The van der Waals surface area contributed by atoms with Crippen LogP contribution in [0.4, 0.5) is 17.1 Å². The molecule has 12 heteroatoms. The average molecular weight is 632 g/mol. The molecule has 0 bridgehead atoms. The predicted molar refractivity (Wildman–Crippen MR) is 177 cm³/mol. The van der Waals surface area contributed by atoms with E-state index in [2.05, 4.69) is 21.3 Å². The summed E-state index contributed by atoms with van der Waals surface area (Å²) in [7, 11) is 5.19. The van der Waals surface area contributed by atoms with Gasteiger partial charge in [0.25, 0.3) is 17.7 Å². The molecule has 12 nitrogen and oxygen atoms in total. The zero-order valence-electron chi connectivity index (χ0n) is 26.1. The van der Waals surface area contributed by atoms with Gasteiger partial charge in [-0.05, 0) is 36.8 Å². The van der Waals surface area contributed by atoms with Crippen molar-refractivity contribution in [3.63, 3.8) is 0 Å². The maximum atomic E-state index is 13.2. The van der Waals surface area contributed by atoms with Crippen LogP contribution in [0.1, 0.15) is 69.7 Å². The van der Waals surface area contributed by atoms with Crippen LogP contribution in [-0.4, -0.2) is 56.1 Å². The van der Waals surface area contributed by atoms with Crippen LogP contribution in [0.5, 0.6) is 0 Å². The number of ketones is 2. The van der Waals surface area contributed by atoms with Gasteiger partial charge in [0.05, 0.1) is 16.9 Å². The number of anilines is 3. The summed E-state index contributed by atoms with van der Waals surface area (Å²) in [6, 6.07) is 18.6. The van der Waals surface area contributed by atoms with E-state index in [9.17, 15) is 24.0 Å². The Hall–Kier alpha value is -6.17. The van der Waals surface area contributed by atoms with Crippen molar-refractivity contribution >= 4 is 46.4 Å². The molecule has 0 saturated carbocycles. The van der Waals surface area contributed by atoms with Crippen molar-refractivity contribution in [3.8, 4) is 0 Å². The lowest BCUT2D eigenvalue weighted by Crippen LogP contribution is -2.27. The van der Waals surface area contributed by atoms with Crippen LogP contribution in [0, 0.1) is 0 Å². The van der Waals surface area contributed by atoms with E-state index >= 15 is 0 Å². The molecule has 1 aliphatic rings. The molecule has 4 N–H and O–H groups in total. The fourth-order valence-electron chi connectivity index (χ4n) is 5.70. The number of amides is 3. The van der Waals surface area contributed by atoms with E-state index in [4.69, 9.17) is 0 Å². The molecule has 3 aromatic heterocycles. The summed E-state index contributed by atoms with van der Waals surface area (Å²) in [5, 5.41) is 11.7. The summed E-state index contributed by atoms with van der Waals surface area (Å²) in [4.78, 5) is 64.7. The number of aryl methyl sites for hydroxylation is 3. The van der Waals surface area contributed by atoms with E-state index in [0.717, 1.165) is 0 Å². The van der Waals surface area contributed by atoms with E-state index in [0.29, 0.717) is 75.9 Å². The SMILES string of the molecule is Cn1cc(NC(=O)c2cc(NC(=O)c3cccn3C)cn2C)cc1C(=O)NCCCNc1cccc2c1C(=O)c1ccccc1C2=O. The van der Waals surface area contributed by atoms with Crippen LogP contribution in [0.15, 0.2) is 85.3 Å². The monoisotopic (exact) mass is 631 g/mol. The third-order valence-electron chi connectivity index (χ3n) is 8.07. The zero-order chi connectivity index (χ0) is 33.2. The van der Waals surface area contributed by atoms with Crippen molar-refractivity contribution < 1.29 is 24.0 Å². The number of hydrogen-bond acceptors (Lipinski definition) is 6. The lowest BCUT2D eigenvalue weighted by molar-refractivity contribution is 0.0943. The van der Waals surface area contributed by atoms with Gasteiger partial charge >= 0.3 is 0 Å². The first-order valence-electron chi connectivity index (χ1n) is 15.0. The highest BCUT2D eigenvalue weighted by molar-refractivity contribution is 6.30. The van der Waals surface area contributed by atoms with Crippen molar-refractivity contribution in [1.82, 2.24) is 19.0 Å². The summed E-state index contributed by atoms with van der Waals surface area (Å²) in [5.41, 5.74) is 4.20. The third kappa shape index (κ3) is 6.08. The Bertz CT molecular complexity index is 2070. The Balaban J connectivity index is 1.01. The highest BCUT2D eigenvalue weighted by Gasteiger charge is 2.31. The molecule has 5 aromatic rings. The first-order valence-corrected chi connectivity index (χ1v) is 15.0. The number of rotatable bonds is 10. The molecule has 0 aliphatic heterocycles. The van der Waals surface area contributed by atoms with E-state index in [1.165, 1.54) is 0 Å².